The van der Waals surface area contributed by atoms with Crippen LogP contribution in [0.4, 0.5) is 0 Å². The molecule has 0 amide bonds. The largest absolute Gasteiger partial charge is 0.305 e. The second kappa shape index (κ2) is 4.14. The summed E-state index contributed by atoms with van der Waals surface area (Å²) in [4.78, 5) is 0. The van der Waals surface area contributed by atoms with Crippen molar-refractivity contribution in [2.75, 3.05) is 0 Å². The zero-order valence-electron chi connectivity index (χ0n) is 9.66. The lowest BCUT2D eigenvalue weighted by atomic mass is 10.1. The fraction of sp³-hybridized carbons (Fsp3) is 0.455. The summed E-state index contributed by atoms with van der Waals surface area (Å²) < 4.78 is 3.01. The van der Waals surface area contributed by atoms with E-state index >= 15 is 0 Å². The van der Waals surface area contributed by atoms with Gasteiger partial charge in [0.05, 0.1) is 6.54 Å². The van der Waals surface area contributed by atoms with Gasteiger partial charge in [-0.25, -0.2) is 0 Å². The molecule has 0 saturated heterocycles. The first-order valence-electron chi connectivity index (χ1n) is 5.20. The summed E-state index contributed by atoms with van der Waals surface area (Å²) in [5.74, 6) is 0.922. The smallest absolute Gasteiger partial charge is 0.160 e. The Kier molecular flexibility index (Phi) is 2.99. The van der Waals surface area contributed by atoms with E-state index in [0.29, 0.717) is 6.54 Å². The van der Waals surface area contributed by atoms with Crippen molar-refractivity contribution in [1.82, 2.24) is 19.9 Å². The van der Waals surface area contributed by atoms with Crippen LogP contribution in [0, 0.1) is 0 Å². The molecule has 0 spiro atoms. The monoisotopic (exact) mass is 282 g/mol. The molecule has 2 aromatic rings. The highest BCUT2D eigenvalue weighted by molar-refractivity contribution is 9.10. The maximum absolute atomic E-state index is 4.17. The predicted octanol–water partition coefficient (Wildman–Crippen LogP) is 2.38. The summed E-state index contributed by atoms with van der Waals surface area (Å²) in [6, 6.07) is 3.91. The van der Waals surface area contributed by atoms with Crippen LogP contribution in [0.25, 0.3) is 5.65 Å². The van der Waals surface area contributed by atoms with Crippen LogP contribution in [0.1, 0.15) is 26.6 Å². The van der Waals surface area contributed by atoms with Gasteiger partial charge in [-0.1, -0.05) is 0 Å². The first kappa shape index (κ1) is 11.5. The lowest BCUT2D eigenvalue weighted by Crippen LogP contribution is -2.35. The van der Waals surface area contributed by atoms with Gasteiger partial charge < -0.3 is 5.32 Å². The van der Waals surface area contributed by atoms with Crippen molar-refractivity contribution >= 4 is 21.6 Å². The number of pyridine rings is 1. The Balaban J connectivity index is 2.28. The van der Waals surface area contributed by atoms with E-state index in [1.165, 1.54) is 0 Å². The molecule has 4 nitrogen and oxygen atoms in total. The Bertz CT molecular complexity index is 498. The molecule has 2 rings (SSSR count). The average Bonchev–Trinajstić information content (AvgIpc) is 2.56. The number of halogens is 1. The summed E-state index contributed by atoms with van der Waals surface area (Å²) in [6.07, 6.45) is 1.98. The first-order chi connectivity index (χ1) is 7.46. The lowest BCUT2D eigenvalue weighted by molar-refractivity contribution is 0.416. The zero-order chi connectivity index (χ0) is 11.8. The molecular weight excluding hydrogens is 268 g/mol. The fourth-order valence-corrected chi connectivity index (χ4v) is 1.71. The zero-order valence-corrected chi connectivity index (χ0v) is 11.2. The molecule has 2 aromatic heterocycles. The minimum Gasteiger partial charge on any atom is -0.305 e. The van der Waals surface area contributed by atoms with Crippen LogP contribution in [0.15, 0.2) is 22.8 Å². The Morgan fingerprint density at radius 3 is 2.75 bits per heavy atom. The lowest BCUT2D eigenvalue weighted by Gasteiger charge is -2.19. The molecule has 0 fully saturated rings. The van der Waals surface area contributed by atoms with E-state index in [0.717, 1.165) is 15.9 Å². The Labute approximate surface area is 103 Å². The molecule has 0 aliphatic heterocycles. The normalized spacial score (nSPS) is 12.2. The Morgan fingerprint density at radius 2 is 2.06 bits per heavy atom. The number of hydrogen-bond acceptors (Lipinski definition) is 3. The molecule has 2 heterocycles. The molecule has 0 radical (unpaired) electrons. The van der Waals surface area contributed by atoms with E-state index in [2.05, 4.69) is 52.2 Å². The molecule has 0 aromatic carbocycles. The summed E-state index contributed by atoms with van der Waals surface area (Å²) in [6.45, 7) is 7.10. The molecule has 0 bridgehead atoms. The summed E-state index contributed by atoms with van der Waals surface area (Å²) in [7, 11) is 0. The quantitative estimate of drug-likeness (QED) is 0.920. The van der Waals surface area contributed by atoms with Crippen LogP contribution in [0.2, 0.25) is 0 Å². The molecule has 86 valence electrons. The molecule has 0 aliphatic carbocycles. The molecule has 0 saturated carbocycles. The molecule has 16 heavy (non-hydrogen) atoms. The van der Waals surface area contributed by atoms with Crippen molar-refractivity contribution < 1.29 is 0 Å². The standard InChI is InChI=1S/C11H15BrN4/c1-11(2,3)13-6-10-15-14-9-5-4-8(12)7-16(9)10/h4-5,7,13H,6H2,1-3H3. The van der Waals surface area contributed by atoms with Crippen molar-refractivity contribution in [2.45, 2.75) is 32.9 Å². The van der Waals surface area contributed by atoms with Gasteiger partial charge in [-0.15, -0.1) is 10.2 Å². The van der Waals surface area contributed by atoms with Gasteiger partial charge in [-0.05, 0) is 48.8 Å². The van der Waals surface area contributed by atoms with Gasteiger partial charge >= 0.3 is 0 Å². The molecule has 0 atom stereocenters. The highest BCUT2D eigenvalue weighted by atomic mass is 79.9. The van der Waals surface area contributed by atoms with Crippen molar-refractivity contribution in [3.8, 4) is 0 Å². The fourth-order valence-electron chi connectivity index (χ4n) is 1.38. The highest BCUT2D eigenvalue weighted by Gasteiger charge is 2.11. The topological polar surface area (TPSA) is 42.2 Å². The SMILES string of the molecule is CC(C)(C)NCc1nnc2ccc(Br)cn12. The maximum atomic E-state index is 4.17. The van der Waals surface area contributed by atoms with E-state index in [1.54, 1.807) is 0 Å². The van der Waals surface area contributed by atoms with Crippen LogP contribution in [0.5, 0.6) is 0 Å². The molecule has 0 unspecified atom stereocenters. The predicted molar refractivity (Wildman–Crippen MR) is 67.3 cm³/mol. The molecular formula is C11H15BrN4. The van der Waals surface area contributed by atoms with Gasteiger partial charge in [0.15, 0.2) is 11.5 Å². The van der Waals surface area contributed by atoms with Crippen LogP contribution in [-0.2, 0) is 6.54 Å². The number of aromatic nitrogens is 3. The van der Waals surface area contributed by atoms with Crippen LogP contribution < -0.4 is 5.32 Å². The average molecular weight is 283 g/mol. The van der Waals surface area contributed by atoms with Crippen molar-refractivity contribution in [3.63, 3.8) is 0 Å². The van der Waals surface area contributed by atoms with E-state index in [1.807, 2.05) is 22.7 Å². The van der Waals surface area contributed by atoms with Crippen molar-refractivity contribution in [1.29, 1.82) is 0 Å². The molecule has 0 aliphatic rings. The third-order valence-electron chi connectivity index (χ3n) is 2.21. The van der Waals surface area contributed by atoms with Gasteiger partial charge in [0.2, 0.25) is 0 Å². The van der Waals surface area contributed by atoms with Crippen LogP contribution >= 0.6 is 15.9 Å². The van der Waals surface area contributed by atoms with Crippen LogP contribution in [0.3, 0.4) is 0 Å². The van der Waals surface area contributed by atoms with E-state index in [-0.39, 0.29) is 5.54 Å². The minimum atomic E-state index is 0.0812. The summed E-state index contributed by atoms with van der Waals surface area (Å²) in [5.41, 5.74) is 0.951. The number of rotatable bonds is 2. The number of nitrogens with one attached hydrogen (secondary N) is 1. The molecule has 5 heteroatoms. The van der Waals surface area contributed by atoms with Gasteiger partial charge in [-0.2, -0.15) is 0 Å². The summed E-state index contributed by atoms with van der Waals surface area (Å²) in [5, 5.41) is 11.7. The van der Waals surface area contributed by atoms with E-state index in [9.17, 15) is 0 Å². The number of hydrogen-bond donors (Lipinski definition) is 1. The summed E-state index contributed by atoms with van der Waals surface area (Å²) >= 11 is 3.45. The number of fused-ring (bicyclic) bond motifs is 1. The van der Waals surface area contributed by atoms with E-state index < -0.39 is 0 Å². The van der Waals surface area contributed by atoms with Crippen molar-refractivity contribution in [2.24, 2.45) is 0 Å². The van der Waals surface area contributed by atoms with Gasteiger partial charge in [0, 0.05) is 16.2 Å². The van der Waals surface area contributed by atoms with Crippen molar-refractivity contribution in [3.05, 3.63) is 28.6 Å². The Morgan fingerprint density at radius 1 is 1.31 bits per heavy atom. The second-order valence-electron chi connectivity index (χ2n) is 4.80. The van der Waals surface area contributed by atoms with Gasteiger partial charge in [-0.3, -0.25) is 4.40 Å². The number of nitrogens with zero attached hydrogens (tertiary/aromatic N) is 3. The first-order valence-corrected chi connectivity index (χ1v) is 5.99. The minimum absolute atomic E-state index is 0.0812. The van der Waals surface area contributed by atoms with Crippen LogP contribution in [-0.4, -0.2) is 20.1 Å². The third kappa shape index (κ3) is 2.59. The second-order valence-corrected chi connectivity index (χ2v) is 5.71. The highest BCUT2D eigenvalue weighted by Crippen LogP contribution is 2.12. The molecule has 1 N–H and O–H groups in total. The maximum Gasteiger partial charge on any atom is 0.160 e. The van der Waals surface area contributed by atoms with Gasteiger partial charge in [0.25, 0.3) is 0 Å². The van der Waals surface area contributed by atoms with Gasteiger partial charge in [0.1, 0.15) is 0 Å². The Hall–Kier alpha value is -0.940. The third-order valence-corrected chi connectivity index (χ3v) is 2.68. The van der Waals surface area contributed by atoms with E-state index in [4.69, 9.17) is 0 Å².